The number of rotatable bonds is 3. The molecule has 0 aromatic heterocycles. The van der Waals surface area contributed by atoms with Gasteiger partial charge in [-0.25, -0.2) is 4.39 Å². The third-order valence-electron chi connectivity index (χ3n) is 3.39. The van der Waals surface area contributed by atoms with E-state index >= 15 is 0 Å². The Bertz CT molecular complexity index is 612. The van der Waals surface area contributed by atoms with Gasteiger partial charge in [0.15, 0.2) is 0 Å². The molecule has 1 nitrogen and oxygen atoms in total. The van der Waals surface area contributed by atoms with Crippen LogP contribution in [0.4, 0.5) is 4.39 Å². The van der Waals surface area contributed by atoms with E-state index in [2.05, 4.69) is 32.9 Å². The lowest BCUT2D eigenvalue weighted by atomic mass is 9.87. The predicted molar refractivity (Wildman–Crippen MR) is 86.3 cm³/mol. The lowest BCUT2D eigenvalue weighted by Gasteiger charge is -2.19. The number of aliphatic hydroxyl groups excluding tert-OH is 1. The molecule has 0 fully saturated rings. The summed E-state index contributed by atoms with van der Waals surface area (Å²) in [5, 5.41) is 9.46. The Morgan fingerprint density at radius 2 is 1.67 bits per heavy atom. The smallest absolute Gasteiger partial charge is 0.137 e. The van der Waals surface area contributed by atoms with E-state index in [1.807, 2.05) is 12.1 Å². The lowest BCUT2D eigenvalue weighted by molar-refractivity contribution is 0.198. The van der Waals surface area contributed by atoms with Crippen molar-refractivity contribution in [2.24, 2.45) is 0 Å². The molecule has 0 heterocycles. The van der Waals surface area contributed by atoms with Crippen molar-refractivity contribution in [3.8, 4) is 0 Å². The van der Waals surface area contributed by atoms with Gasteiger partial charge in [-0.3, -0.25) is 0 Å². The van der Waals surface area contributed by atoms with E-state index < -0.39 is 6.10 Å². The normalized spacial score (nSPS) is 13.2. The van der Waals surface area contributed by atoms with Gasteiger partial charge < -0.3 is 5.11 Å². The zero-order valence-electron chi connectivity index (χ0n) is 12.9. The number of aliphatic hydroxyl groups is 1. The number of benzene rings is 2. The second-order valence-corrected chi connectivity index (χ2v) is 7.36. The van der Waals surface area contributed by atoms with Gasteiger partial charge in [-0.1, -0.05) is 50.7 Å². The number of halogens is 1. The molecule has 1 atom stereocenters. The summed E-state index contributed by atoms with van der Waals surface area (Å²) in [4.78, 5) is 1.58. The van der Waals surface area contributed by atoms with E-state index in [0.717, 1.165) is 4.90 Å². The minimum absolute atomic E-state index is 0.118. The van der Waals surface area contributed by atoms with E-state index in [9.17, 15) is 9.50 Å². The SMILES string of the molecule is CC(O)c1ccc(Sc2ccc(C(C)(C)C)cc2)c(F)c1. The Kier molecular flexibility index (Phi) is 4.74. The molecule has 21 heavy (non-hydrogen) atoms. The van der Waals surface area contributed by atoms with Crippen molar-refractivity contribution in [2.45, 2.75) is 49.0 Å². The van der Waals surface area contributed by atoms with Gasteiger partial charge in [0.05, 0.1) is 6.10 Å². The molecule has 0 spiro atoms. The van der Waals surface area contributed by atoms with Gasteiger partial charge in [-0.15, -0.1) is 0 Å². The molecule has 112 valence electrons. The Labute approximate surface area is 130 Å². The second-order valence-electron chi connectivity index (χ2n) is 6.24. The maximum atomic E-state index is 14.0. The quantitative estimate of drug-likeness (QED) is 0.827. The van der Waals surface area contributed by atoms with Crippen LogP contribution in [-0.2, 0) is 5.41 Å². The van der Waals surface area contributed by atoms with Crippen molar-refractivity contribution in [3.05, 3.63) is 59.4 Å². The molecule has 2 aromatic rings. The van der Waals surface area contributed by atoms with Crippen LogP contribution >= 0.6 is 11.8 Å². The highest BCUT2D eigenvalue weighted by Crippen LogP contribution is 2.32. The summed E-state index contributed by atoms with van der Waals surface area (Å²) in [5.74, 6) is -0.293. The minimum atomic E-state index is -0.649. The Balaban J connectivity index is 2.19. The molecule has 2 aromatic carbocycles. The van der Waals surface area contributed by atoms with Crippen molar-refractivity contribution in [3.63, 3.8) is 0 Å². The summed E-state index contributed by atoms with van der Waals surface area (Å²) in [5.41, 5.74) is 1.98. The summed E-state index contributed by atoms with van der Waals surface area (Å²) in [6.07, 6.45) is -0.649. The highest BCUT2D eigenvalue weighted by atomic mass is 32.2. The Hall–Kier alpha value is -1.32. The van der Waals surface area contributed by atoms with E-state index in [0.29, 0.717) is 10.5 Å². The molecular formula is C18H21FOS. The Morgan fingerprint density at radius 3 is 2.14 bits per heavy atom. The van der Waals surface area contributed by atoms with Crippen LogP contribution < -0.4 is 0 Å². The molecule has 0 aliphatic carbocycles. The van der Waals surface area contributed by atoms with Crippen LogP contribution in [0.3, 0.4) is 0 Å². The maximum Gasteiger partial charge on any atom is 0.137 e. The van der Waals surface area contributed by atoms with E-state index in [4.69, 9.17) is 0 Å². The van der Waals surface area contributed by atoms with Crippen molar-refractivity contribution in [1.82, 2.24) is 0 Å². The molecule has 0 saturated heterocycles. The predicted octanol–water partition coefficient (Wildman–Crippen LogP) is 5.33. The van der Waals surface area contributed by atoms with Gasteiger partial charge in [0.1, 0.15) is 5.82 Å². The molecule has 3 heteroatoms. The van der Waals surface area contributed by atoms with Crippen molar-refractivity contribution in [1.29, 1.82) is 0 Å². The number of hydrogen-bond donors (Lipinski definition) is 1. The largest absolute Gasteiger partial charge is 0.389 e. The van der Waals surface area contributed by atoms with Gasteiger partial charge >= 0.3 is 0 Å². The summed E-state index contributed by atoms with van der Waals surface area (Å²) in [6, 6.07) is 13.1. The van der Waals surface area contributed by atoms with Crippen LogP contribution in [0.1, 0.15) is 44.9 Å². The van der Waals surface area contributed by atoms with Gasteiger partial charge in [0, 0.05) is 9.79 Å². The fraction of sp³-hybridized carbons (Fsp3) is 0.333. The highest BCUT2D eigenvalue weighted by Gasteiger charge is 2.13. The topological polar surface area (TPSA) is 20.2 Å². The van der Waals surface area contributed by atoms with E-state index in [1.54, 1.807) is 19.1 Å². The average Bonchev–Trinajstić information content (AvgIpc) is 2.40. The van der Waals surface area contributed by atoms with Crippen molar-refractivity contribution < 1.29 is 9.50 Å². The Morgan fingerprint density at radius 1 is 1.05 bits per heavy atom. The molecule has 0 radical (unpaired) electrons. The standard InChI is InChI=1S/C18H21FOS/c1-12(20)13-5-10-17(16(19)11-13)21-15-8-6-14(7-9-15)18(2,3)4/h5-12,20H,1-4H3. The van der Waals surface area contributed by atoms with Crippen molar-refractivity contribution >= 4 is 11.8 Å². The highest BCUT2D eigenvalue weighted by molar-refractivity contribution is 7.99. The molecule has 0 saturated carbocycles. The first-order valence-electron chi connectivity index (χ1n) is 7.03. The minimum Gasteiger partial charge on any atom is -0.389 e. The van der Waals surface area contributed by atoms with Crippen LogP contribution in [-0.4, -0.2) is 5.11 Å². The number of hydrogen-bond acceptors (Lipinski definition) is 2. The average molecular weight is 304 g/mol. The van der Waals surface area contributed by atoms with Gasteiger partial charge in [0.2, 0.25) is 0 Å². The molecule has 0 aliphatic heterocycles. The summed E-state index contributed by atoms with van der Waals surface area (Å²) in [7, 11) is 0. The van der Waals surface area contributed by atoms with Crippen LogP contribution in [0.2, 0.25) is 0 Å². The zero-order valence-corrected chi connectivity index (χ0v) is 13.7. The monoisotopic (exact) mass is 304 g/mol. The van der Waals surface area contributed by atoms with Gasteiger partial charge in [0.25, 0.3) is 0 Å². The summed E-state index contributed by atoms with van der Waals surface area (Å²) < 4.78 is 14.0. The van der Waals surface area contributed by atoms with E-state index in [-0.39, 0.29) is 11.2 Å². The maximum absolute atomic E-state index is 14.0. The molecule has 0 bridgehead atoms. The van der Waals surface area contributed by atoms with Gasteiger partial charge in [-0.05, 0) is 47.7 Å². The second kappa shape index (κ2) is 6.20. The lowest BCUT2D eigenvalue weighted by Crippen LogP contribution is -2.10. The fourth-order valence-corrected chi connectivity index (χ4v) is 2.83. The van der Waals surface area contributed by atoms with Crippen LogP contribution in [0.5, 0.6) is 0 Å². The fourth-order valence-electron chi connectivity index (χ4n) is 2.01. The van der Waals surface area contributed by atoms with Crippen molar-refractivity contribution in [2.75, 3.05) is 0 Å². The van der Waals surface area contributed by atoms with Crippen LogP contribution in [0, 0.1) is 5.82 Å². The first-order valence-corrected chi connectivity index (χ1v) is 7.85. The molecule has 2 rings (SSSR count). The molecule has 0 aliphatic rings. The van der Waals surface area contributed by atoms with E-state index in [1.165, 1.54) is 23.4 Å². The first-order chi connectivity index (χ1) is 9.77. The van der Waals surface area contributed by atoms with Gasteiger partial charge in [-0.2, -0.15) is 0 Å². The van der Waals surface area contributed by atoms with Crippen LogP contribution in [0.25, 0.3) is 0 Å². The third-order valence-corrected chi connectivity index (χ3v) is 4.45. The molecule has 1 unspecified atom stereocenters. The molecule has 0 amide bonds. The third kappa shape index (κ3) is 4.08. The first kappa shape index (κ1) is 16.1. The zero-order chi connectivity index (χ0) is 15.6. The molecular weight excluding hydrogens is 283 g/mol. The summed E-state index contributed by atoms with van der Waals surface area (Å²) in [6.45, 7) is 8.14. The molecule has 1 N–H and O–H groups in total. The van der Waals surface area contributed by atoms with Crippen LogP contribution in [0.15, 0.2) is 52.3 Å². The summed E-state index contributed by atoms with van der Waals surface area (Å²) >= 11 is 1.40.